The molecule has 0 radical (unpaired) electrons. The lowest BCUT2D eigenvalue weighted by Gasteiger charge is -2.20. The number of halogens is 3. The molecule has 2 N–H and O–H groups in total. The Morgan fingerprint density at radius 3 is 2.45 bits per heavy atom. The molecule has 162 valence electrons. The van der Waals surface area contributed by atoms with Crippen molar-refractivity contribution in [2.24, 2.45) is 0 Å². The Labute approximate surface area is 175 Å². The molecule has 0 unspecified atom stereocenters. The molecule has 1 aromatic carbocycles. The molecule has 0 aliphatic carbocycles. The molecule has 2 aromatic heterocycles. The number of carbonyl (C=O) groups excluding carboxylic acids is 1. The van der Waals surface area contributed by atoms with Crippen molar-refractivity contribution in [3.8, 4) is 16.9 Å². The second-order valence-electron chi connectivity index (χ2n) is 6.39. The molecule has 0 aliphatic rings. The molecule has 8 nitrogen and oxygen atoms in total. The summed E-state index contributed by atoms with van der Waals surface area (Å²) in [4.78, 5) is 26.7. The summed E-state index contributed by atoms with van der Waals surface area (Å²) >= 11 is 0. The van der Waals surface area contributed by atoms with E-state index in [-0.39, 0.29) is 17.9 Å². The molecular formula is C20H18F3N5O3. The van der Waals surface area contributed by atoms with Gasteiger partial charge in [-0.25, -0.2) is 15.0 Å². The zero-order chi connectivity index (χ0) is 22.4. The van der Waals surface area contributed by atoms with E-state index >= 15 is 0 Å². The van der Waals surface area contributed by atoms with E-state index in [1.165, 1.54) is 24.7 Å². The highest BCUT2D eigenvalue weighted by molar-refractivity contribution is 6.05. The SMILES string of the molecule is CN(CCO)c1ncc(C(=O)Nc2ccc(OC(F)(F)F)cc2)cc1-c1cncnc1. The van der Waals surface area contributed by atoms with Gasteiger partial charge in [-0.3, -0.25) is 4.79 Å². The minimum atomic E-state index is -4.79. The normalized spacial score (nSPS) is 11.1. The number of aliphatic hydroxyl groups excluding tert-OH is 1. The minimum absolute atomic E-state index is 0.0841. The maximum atomic E-state index is 12.7. The third kappa shape index (κ3) is 5.89. The fraction of sp³-hybridized carbons (Fsp3) is 0.200. The van der Waals surface area contributed by atoms with Gasteiger partial charge in [0.15, 0.2) is 0 Å². The van der Waals surface area contributed by atoms with Crippen molar-refractivity contribution in [3.63, 3.8) is 0 Å². The van der Waals surface area contributed by atoms with E-state index in [2.05, 4.69) is 25.0 Å². The van der Waals surface area contributed by atoms with Crippen LogP contribution in [-0.4, -0.2) is 52.5 Å². The topological polar surface area (TPSA) is 100 Å². The van der Waals surface area contributed by atoms with Gasteiger partial charge >= 0.3 is 6.36 Å². The van der Waals surface area contributed by atoms with Gasteiger partial charge in [0.25, 0.3) is 5.91 Å². The third-order valence-corrected chi connectivity index (χ3v) is 4.14. The van der Waals surface area contributed by atoms with E-state index in [1.54, 1.807) is 30.4 Å². The van der Waals surface area contributed by atoms with Crippen molar-refractivity contribution >= 4 is 17.4 Å². The van der Waals surface area contributed by atoms with Crippen molar-refractivity contribution in [1.82, 2.24) is 15.0 Å². The van der Waals surface area contributed by atoms with Crippen LogP contribution in [0.4, 0.5) is 24.7 Å². The smallest absolute Gasteiger partial charge is 0.406 e. The molecule has 2 heterocycles. The highest BCUT2D eigenvalue weighted by Crippen LogP contribution is 2.29. The van der Waals surface area contributed by atoms with Crippen LogP contribution in [-0.2, 0) is 0 Å². The number of hydrogen-bond acceptors (Lipinski definition) is 7. The number of alkyl halides is 3. The van der Waals surface area contributed by atoms with Gasteiger partial charge in [-0.05, 0) is 30.3 Å². The van der Waals surface area contributed by atoms with E-state index in [1.807, 2.05) is 0 Å². The lowest BCUT2D eigenvalue weighted by Crippen LogP contribution is -2.23. The van der Waals surface area contributed by atoms with Gasteiger partial charge in [-0.15, -0.1) is 13.2 Å². The quantitative estimate of drug-likeness (QED) is 0.591. The van der Waals surface area contributed by atoms with E-state index in [9.17, 15) is 23.1 Å². The summed E-state index contributed by atoms with van der Waals surface area (Å²) in [5.74, 6) is -0.379. The van der Waals surface area contributed by atoms with Crippen LogP contribution < -0.4 is 15.0 Å². The molecule has 3 rings (SSSR count). The molecule has 0 spiro atoms. The molecule has 0 bridgehead atoms. The summed E-state index contributed by atoms with van der Waals surface area (Å²) in [5.41, 5.74) is 1.71. The third-order valence-electron chi connectivity index (χ3n) is 4.14. The number of anilines is 2. The van der Waals surface area contributed by atoms with Crippen molar-refractivity contribution in [3.05, 3.63) is 60.8 Å². The number of rotatable bonds is 7. The van der Waals surface area contributed by atoms with Gasteiger partial charge in [-0.1, -0.05) is 0 Å². The monoisotopic (exact) mass is 433 g/mol. The van der Waals surface area contributed by atoms with Crippen molar-refractivity contribution < 1.29 is 27.8 Å². The Morgan fingerprint density at radius 2 is 1.84 bits per heavy atom. The summed E-state index contributed by atoms with van der Waals surface area (Å²) in [6.07, 6.45) is 1.09. The van der Waals surface area contributed by atoms with Crippen LogP contribution in [0.15, 0.2) is 55.2 Å². The molecule has 1 amide bonds. The largest absolute Gasteiger partial charge is 0.573 e. The first-order valence-corrected chi connectivity index (χ1v) is 9.01. The van der Waals surface area contributed by atoms with Gasteiger partial charge < -0.3 is 20.1 Å². The van der Waals surface area contributed by atoms with Gasteiger partial charge in [0.2, 0.25) is 0 Å². The summed E-state index contributed by atoms with van der Waals surface area (Å²) in [6.45, 7) is 0.241. The van der Waals surface area contributed by atoms with E-state index in [4.69, 9.17) is 0 Å². The minimum Gasteiger partial charge on any atom is -0.406 e. The van der Waals surface area contributed by atoms with E-state index in [0.717, 1.165) is 12.1 Å². The number of aliphatic hydroxyl groups is 1. The summed E-state index contributed by atoms with van der Waals surface area (Å²) in [7, 11) is 1.75. The van der Waals surface area contributed by atoms with Gasteiger partial charge in [0, 0.05) is 49.0 Å². The molecule has 11 heteroatoms. The number of nitrogens with one attached hydrogen (secondary N) is 1. The van der Waals surface area contributed by atoms with Crippen molar-refractivity contribution in [2.45, 2.75) is 6.36 Å². The van der Waals surface area contributed by atoms with Crippen LogP contribution in [0.5, 0.6) is 5.75 Å². The Bertz CT molecular complexity index is 1030. The van der Waals surface area contributed by atoms with Crippen LogP contribution in [0.3, 0.4) is 0 Å². The van der Waals surface area contributed by atoms with Crippen molar-refractivity contribution in [1.29, 1.82) is 0 Å². The van der Waals surface area contributed by atoms with Crippen molar-refractivity contribution in [2.75, 3.05) is 30.4 Å². The number of benzene rings is 1. The molecule has 0 saturated carbocycles. The Kier molecular flexibility index (Phi) is 6.65. The van der Waals surface area contributed by atoms with Crippen LogP contribution in [0.1, 0.15) is 10.4 Å². The zero-order valence-electron chi connectivity index (χ0n) is 16.3. The number of aromatic nitrogens is 3. The molecule has 0 fully saturated rings. The van der Waals surface area contributed by atoms with Crippen LogP contribution in [0, 0.1) is 0 Å². The number of hydrogen-bond donors (Lipinski definition) is 2. The molecule has 31 heavy (non-hydrogen) atoms. The Balaban J connectivity index is 1.84. The lowest BCUT2D eigenvalue weighted by atomic mass is 10.1. The van der Waals surface area contributed by atoms with Crippen LogP contribution in [0.25, 0.3) is 11.1 Å². The highest BCUT2D eigenvalue weighted by Gasteiger charge is 2.31. The number of ether oxygens (including phenoxy) is 1. The van der Waals surface area contributed by atoms with Gasteiger partial charge in [0.1, 0.15) is 17.9 Å². The predicted molar refractivity (Wildman–Crippen MR) is 107 cm³/mol. The average Bonchev–Trinajstić information content (AvgIpc) is 2.74. The van der Waals surface area contributed by atoms with E-state index < -0.39 is 18.0 Å². The summed E-state index contributed by atoms with van der Waals surface area (Å²) in [5, 5.41) is 11.8. The highest BCUT2D eigenvalue weighted by atomic mass is 19.4. The summed E-state index contributed by atoms with van der Waals surface area (Å²) in [6, 6.07) is 6.39. The molecule has 0 aliphatic heterocycles. The maximum Gasteiger partial charge on any atom is 0.573 e. The van der Waals surface area contributed by atoms with Crippen LogP contribution >= 0.6 is 0 Å². The number of pyridine rings is 1. The Morgan fingerprint density at radius 1 is 1.16 bits per heavy atom. The zero-order valence-corrected chi connectivity index (χ0v) is 16.3. The number of likely N-dealkylation sites (N-methyl/N-ethyl adjacent to an activating group) is 1. The first-order valence-electron chi connectivity index (χ1n) is 9.01. The number of nitrogens with zero attached hydrogens (tertiary/aromatic N) is 4. The second kappa shape index (κ2) is 9.39. The fourth-order valence-corrected chi connectivity index (χ4v) is 2.74. The molecule has 0 saturated heterocycles. The molecule has 3 aromatic rings. The van der Waals surface area contributed by atoms with E-state index in [0.29, 0.717) is 23.5 Å². The van der Waals surface area contributed by atoms with Crippen LogP contribution in [0.2, 0.25) is 0 Å². The first-order chi connectivity index (χ1) is 14.8. The first kappa shape index (κ1) is 22.0. The van der Waals surface area contributed by atoms with Gasteiger partial charge in [-0.2, -0.15) is 0 Å². The van der Waals surface area contributed by atoms with Gasteiger partial charge in [0.05, 0.1) is 12.2 Å². The fourth-order valence-electron chi connectivity index (χ4n) is 2.74. The standard InChI is InChI=1S/C20H18F3N5O3/c1-28(6-7-29)18-17(14-9-24-12-25-10-14)8-13(11-26-18)19(30)27-15-2-4-16(5-3-15)31-20(21,22)23/h2-5,8-12,29H,6-7H2,1H3,(H,27,30). The number of amides is 1. The molecular weight excluding hydrogens is 415 g/mol. The lowest BCUT2D eigenvalue weighted by molar-refractivity contribution is -0.274. The maximum absolute atomic E-state index is 12.7. The molecule has 0 atom stereocenters. The average molecular weight is 433 g/mol. The Hall–Kier alpha value is -3.73. The number of carbonyl (C=O) groups is 1. The second-order valence-corrected chi connectivity index (χ2v) is 6.39. The summed E-state index contributed by atoms with van der Waals surface area (Å²) < 4.78 is 40.6. The predicted octanol–water partition coefficient (Wildman–Crippen LogP) is 3.12.